The van der Waals surface area contributed by atoms with E-state index in [4.69, 9.17) is 0 Å². The van der Waals surface area contributed by atoms with Crippen molar-refractivity contribution >= 4 is 23.4 Å². The molecule has 108 valence electrons. The molecular formula is C15H12F2N2OS. The predicted octanol–water partition coefficient (Wildman–Crippen LogP) is 3.33. The van der Waals surface area contributed by atoms with Crippen LogP contribution in [-0.4, -0.2) is 13.0 Å². The first-order chi connectivity index (χ1) is 10.1. The van der Waals surface area contributed by atoms with Gasteiger partial charge in [0.2, 0.25) is 5.91 Å². The molecule has 0 spiro atoms. The van der Waals surface area contributed by atoms with Crippen LogP contribution in [-0.2, 0) is 4.79 Å². The molecule has 3 rings (SSSR count). The number of likely N-dealkylation sites (N-methyl/N-ethyl adjacent to an activating group) is 1. The van der Waals surface area contributed by atoms with E-state index in [-0.39, 0.29) is 16.8 Å². The van der Waals surface area contributed by atoms with Gasteiger partial charge < -0.3 is 10.6 Å². The second kappa shape index (κ2) is 5.46. The molecule has 2 aromatic carbocycles. The SMILES string of the molecule is CNC1C(=O)Nc2cc(Sc3cc(F)ccc3F)ccc21. The molecule has 0 aliphatic carbocycles. The Bertz CT molecular complexity index is 721. The normalized spacial score (nSPS) is 16.7. The van der Waals surface area contributed by atoms with Crippen molar-refractivity contribution in [3.8, 4) is 0 Å². The minimum Gasteiger partial charge on any atom is -0.324 e. The Morgan fingerprint density at radius 1 is 1.19 bits per heavy atom. The number of halogens is 2. The van der Waals surface area contributed by atoms with Crippen LogP contribution in [0, 0.1) is 11.6 Å². The van der Waals surface area contributed by atoms with Gasteiger partial charge in [-0.25, -0.2) is 8.78 Å². The van der Waals surface area contributed by atoms with Gasteiger partial charge in [-0.3, -0.25) is 4.79 Å². The Hall–Kier alpha value is -1.92. The molecule has 1 atom stereocenters. The maximum absolute atomic E-state index is 13.6. The van der Waals surface area contributed by atoms with Crippen molar-refractivity contribution < 1.29 is 13.6 Å². The Morgan fingerprint density at radius 3 is 2.76 bits per heavy atom. The number of anilines is 1. The second-order valence-electron chi connectivity index (χ2n) is 4.64. The molecule has 1 aliphatic heterocycles. The van der Waals surface area contributed by atoms with Gasteiger partial charge in [0.05, 0.1) is 4.90 Å². The average molecular weight is 306 g/mol. The summed E-state index contributed by atoms with van der Waals surface area (Å²) in [6.45, 7) is 0. The number of hydrogen-bond acceptors (Lipinski definition) is 3. The topological polar surface area (TPSA) is 41.1 Å². The van der Waals surface area contributed by atoms with Gasteiger partial charge in [-0.1, -0.05) is 17.8 Å². The van der Waals surface area contributed by atoms with E-state index < -0.39 is 11.6 Å². The number of carbonyl (C=O) groups is 1. The van der Waals surface area contributed by atoms with Crippen molar-refractivity contribution in [3.63, 3.8) is 0 Å². The fourth-order valence-corrected chi connectivity index (χ4v) is 3.18. The van der Waals surface area contributed by atoms with Crippen LogP contribution in [0.5, 0.6) is 0 Å². The minimum absolute atomic E-state index is 0.119. The van der Waals surface area contributed by atoms with Crippen LogP contribution in [0.2, 0.25) is 0 Å². The van der Waals surface area contributed by atoms with Crippen LogP contribution >= 0.6 is 11.8 Å². The zero-order chi connectivity index (χ0) is 15.0. The van der Waals surface area contributed by atoms with E-state index >= 15 is 0 Å². The third-order valence-electron chi connectivity index (χ3n) is 3.27. The van der Waals surface area contributed by atoms with Gasteiger partial charge in [0.15, 0.2) is 0 Å². The smallest absolute Gasteiger partial charge is 0.246 e. The van der Waals surface area contributed by atoms with E-state index in [1.165, 1.54) is 0 Å². The highest BCUT2D eigenvalue weighted by molar-refractivity contribution is 7.99. The lowest BCUT2D eigenvalue weighted by atomic mass is 10.1. The molecule has 1 heterocycles. The number of fused-ring (bicyclic) bond motifs is 1. The lowest BCUT2D eigenvalue weighted by molar-refractivity contribution is -0.117. The summed E-state index contributed by atoms with van der Waals surface area (Å²) >= 11 is 1.12. The summed E-state index contributed by atoms with van der Waals surface area (Å²) in [4.78, 5) is 12.7. The van der Waals surface area contributed by atoms with E-state index in [0.29, 0.717) is 5.69 Å². The van der Waals surface area contributed by atoms with Gasteiger partial charge >= 0.3 is 0 Å². The molecule has 21 heavy (non-hydrogen) atoms. The van der Waals surface area contributed by atoms with Crippen molar-refractivity contribution in [1.29, 1.82) is 0 Å². The van der Waals surface area contributed by atoms with E-state index in [0.717, 1.165) is 40.4 Å². The zero-order valence-electron chi connectivity index (χ0n) is 11.1. The van der Waals surface area contributed by atoms with Gasteiger partial charge in [0.25, 0.3) is 0 Å². The third kappa shape index (κ3) is 2.64. The monoisotopic (exact) mass is 306 g/mol. The summed E-state index contributed by atoms with van der Waals surface area (Å²) in [6.07, 6.45) is 0. The van der Waals surface area contributed by atoms with Crippen LogP contribution in [0.1, 0.15) is 11.6 Å². The second-order valence-corrected chi connectivity index (χ2v) is 5.75. The number of rotatable bonds is 3. The molecule has 0 saturated carbocycles. The molecule has 1 aliphatic rings. The highest BCUT2D eigenvalue weighted by atomic mass is 32.2. The average Bonchev–Trinajstić information content (AvgIpc) is 2.77. The number of hydrogen-bond donors (Lipinski definition) is 2. The largest absolute Gasteiger partial charge is 0.324 e. The van der Waals surface area contributed by atoms with Crippen LogP contribution in [0.4, 0.5) is 14.5 Å². The predicted molar refractivity (Wildman–Crippen MR) is 77.4 cm³/mol. The molecule has 0 radical (unpaired) electrons. The van der Waals surface area contributed by atoms with E-state index in [1.807, 2.05) is 6.07 Å². The molecule has 0 saturated heterocycles. The number of amides is 1. The van der Waals surface area contributed by atoms with Crippen molar-refractivity contribution in [2.75, 3.05) is 12.4 Å². The van der Waals surface area contributed by atoms with Crippen molar-refractivity contribution in [3.05, 3.63) is 53.6 Å². The van der Waals surface area contributed by atoms with Gasteiger partial charge in [-0.05, 0) is 37.4 Å². The van der Waals surface area contributed by atoms with Gasteiger partial charge in [-0.2, -0.15) is 0 Å². The quantitative estimate of drug-likeness (QED) is 0.914. The van der Waals surface area contributed by atoms with Crippen molar-refractivity contribution in [2.24, 2.45) is 0 Å². The molecule has 0 aromatic heterocycles. The lowest BCUT2D eigenvalue weighted by Crippen LogP contribution is -2.23. The first-order valence-corrected chi connectivity index (χ1v) is 7.15. The molecule has 2 N–H and O–H groups in total. The van der Waals surface area contributed by atoms with Crippen LogP contribution in [0.25, 0.3) is 0 Å². The Labute approximate surface area is 124 Å². The summed E-state index contributed by atoms with van der Waals surface area (Å²) in [5.41, 5.74) is 1.55. The highest BCUT2D eigenvalue weighted by Gasteiger charge is 2.29. The Morgan fingerprint density at radius 2 is 2.00 bits per heavy atom. The summed E-state index contributed by atoms with van der Waals surface area (Å²) in [5, 5.41) is 5.70. The van der Waals surface area contributed by atoms with Crippen LogP contribution in [0.3, 0.4) is 0 Å². The van der Waals surface area contributed by atoms with Crippen LogP contribution in [0.15, 0.2) is 46.2 Å². The van der Waals surface area contributed by atoms with Crippen molar-refractivity contribution in [1.82, 2.24) is 5.32 Å². The molecule has 0 fully saturated rings. The highest BCUT2D eigenvalue weighted by Crippen LogP contribution is 2.37. The third-order valence-corrected chi connectivity index (χ3v) is 4.29. The summed E-state index contributed by atoms with van der Waals surface area (Å²) < 4.78 is 26.8. The first kappa shape index (κ1) is 14.0. The molecular weight excluding hydrogens is 294 g/mol. The molecule has 6 heteroatoms. The lowest BCUT2D eigenvalue weighted by Gasteiger charge is -2.08. The first-order valence-electron chi connectivity index (χ1n) is 6.33. The van der Waals surface area contributed by atoms with Gasteiger partial charge in [-0.15, -0.1) is 0 Å². The molecule has 2 aromatic rings. The summed E-state index contributed by atoms with van der Waals surface area (Å²) in [6, 6.07) is 8.34. The molecule has 1 amide bonds. The molecule has 1 unspecified atom stereocenters. The van der Waals surface area contributed by atoms with Gasteiger partial charge in [0.1, 0.15) is 17.7 Å². The van der Waals surface area contributed by atoms with Crippen molar-refractivity contribution in [2.45, 2.75) is 15.8 Å². The number of nitrogens with one attached hydrogen (secondary N) is 2. The molecule has 0 bridgehead atoms. The van der Waals surface area contributed by atoms with E-state index in [9.17, 15) is 13.6 Å². The molecule has 3 nitrogen and oxygen atoms in total. The standard InChI is InChI=1S/C15H12F2N2OS/c1-18-14-10-4-3-9(7-12(10)19-15(14)20)21-13-6-8(16)2-5-11(13)17/h2-7,14,18H,1H3,(H,19,20). The number of benzene rings is 2. The zero-order valence-corrected chi connectivity index (χ0v) is 11.9. The minimum atomic E-state index is -0.483. The maximum atomic E-state index is 13.6. The Balaban J connectivity index is 1.90. The van der Waals surface area contributed by atoms with E-state index in [2.05, 4.69) is 10.6 Å². The summed E-state index contributed by atoms with van der Waals surface area (Å²) in [5.74, 6) is -1.07. The summed E-state index contributed by atoms with van der Waals surface area (Å²) in [7, 11) is 1.71. The maximum Gasteiger partial charge on any atom is 0.246 e. The fourth-order valence-electron chi connectivity index (χ4n) is 2.27. The van der Waals surface area contributed by atoms with Gasteiger partial charge in [0, 0.05) is 16.1 Å². The van der Waals surface area contributed by atoms with E-state index in [1.54, 1.807) is 19.2 Å². The fraction of sp³-hybridized carbons (Fsp3) is 0.133. The number of carbonyl (C=O) groups excluding carboxylic acids is 1. The van der Waals surface area contributed by atoms with Crippen LogP contribution < -0.4 is 10.6 Å². The Kier molecular flexibility index (Phi) is 3.65.